The number of alkyl carbamates (subject to hydrolysis) is 4. The number of likely N-dealkylation sites (tertiary alicyclic amines) is 3. The molecule has 4 saturated heterocycles. The highest BCUT2D eigenvalue weighted by molar-refractivity contribution is 5.93. The van der Waals surface area contributed by atoms with Gasteiger partial charge in [0.15, 0.2) is 0 Å². The van der Waals surface area contributed by atoms with Crippen LogP contribution in [0.3, 0.4) is 0 Å². The molecule has 2 aliphatic carbocycles. The van der Waals surface area contributed by atoms with Crippen LogP contribution in [0.2, 0.25) is 0 Å². The van der Waals surface area contributed by atoms with E-state index in [1.807, 2.05) is 82.9 Å². The molecule has 6 aromatic carbocycles. The second-order valence-corrected chi connectivity index (χ2v) is 34.4. The van der Waals surface area contributed by atoms with Crippen LogP contribution >= 0.6 is 0 Å². The number of ether oxygens (including phenoxy) is 4. The molecule has 10 atom stereocenters. The van der Waals surface area contributed by atoms with Crippen LogP contribution in [0.5, 0.6) is 0 Å². The molecule has 6 aliphatic rings. The number of H-pyrrole nitrogens is 4. The fourth-order valence-corrected chi connectivity index (χ4v) is 17.3. The minimum atomic E-state index is -1.06. The van der Waals surface area contributed by atoms with E-state index in [0.717, 1.165) is 151 Å². The van der Waals surface area contributed by atoms with Gasteiger partial charge >= 0.3 is 30.3 Å². The van der Waals surface area contributed by atoms with Crippen molar-refractivity contribution in [3.63, 3.8) is 0 Å². The zero-order valence-corrected chi connectivity index (χ0v) is 73.4. The Morgan fingerprint density at radius 3 is 1.15 bits per heavy atom. The summed E-state index contributed by atoms with van der Waals surface area (Å²) in [4.78, 5) is 137. The molecule has 4 aromatic heterocycles. The zero-order chi connectivity index (χ0) is 90.0. The van der Waals surface area contributed by atoms with Crippen LogP contribution in [-0.4, -0.2) is 187 Å². The van der Waals surface area contributed by atoms with Gasteiger partial charge in [-0.15, -0.1) is 0 Å². The molecule has 2 spiro atoms. The number of nitrogens with one attached hydrogen (secondary N) is 9. The second-order valence-electron chi connectivity index (χ2n) is 34.4. The number of rotatable bonds is 22. The molecule has 10 N–H and O–H groups in total. The van der Waals surface area contributed by atoms with Gasteiger partial charge < -0.3 is 85.3 Å². The molecule has 16 rings (SSSR count). The maximum Gasteiger partial charge on any atom is 0.407 e. The number of nitriles is 2. The number of carbonyl (C=O) groups excluding carboxylic acids is 7. The van der Waals surface area contributed by atoms with Crippen molar-refractivity contribution >= 4 is 69.6 Å². The van der Waals surface area contributed by atoms with E-state index in [9.17, 15) is 48.9 Å². The van der Waals surface area contributed by atoms with Gasteiger partial charge in [0.25, 0.3) is 0 Å². The first-order valence-electron chi connectivity index (χ1n) is 43.2. The van der Waals surface area contributed by atoms with Gasteiger partial charge in [-0.25, -0.2) is 43.9 Å². The van der Waals surface area contributed by atoms with Crippen molar-refractivity contribution in [2.45, 2.75) is 168 Å². The van der Waals surface area contributed by atoms with E-state index in [0.29, 0.717) is 38.3 Å². The van der Waals surface area contributed by atoms with Crippen molar-refractivity contribution < 1.29 is 62.4 Å². The number of benzene rings is 6. The lowest BCUT2D eigenvalue weighted by molar-refractivity contribution is -0.140. The van der Waals surface area contributed by atoms with Crippen LogP contribution in [0.15, 0.2) is 146 Å². The number of amides is 7. The van der Waals surface area contributed by atoms with Crippen LogP contribution in [-0.2, 0) is 38.1 Å². The Morgan fingerprint density at radius 1 is 0.444 bits per heavy atom. The third-order valence-electron chi connectivity index (χ3n) is 25.0. The summed E-state index contributed by atoms with van der Waals surface area (Å²) < 4.78 is 18.6. The van der Waals surface area contributed by atoms with E-state index < -0.39 is 60.6 Å². The molecular formula is C95H112N18O13. The Bertz CT molecular complexity index is 5690. The van der Waals surface area contributed by atoms with E-state index in [-0.39, 0.29) is 82.8 Å². The number of carboxylic acid groups (broad SMARTS) is 1. The zero-order valence-electron chi connectivity index (χ0n) is 73.4. The van der Waals surface area contributed by atoms with Crippen LogP contribution in [0, 0.1) is 63.1 Å². The van der Waals surface area contributed by atoms with Crippen molar-refractivity contribution in [3.05, 3.63) is 169 Å². The monoisotopic (exact) mass is 1710 g/mol. The van der Waals surface area contributed by atoms with Crippen molar-refractivity contribution in [2.24, 2.45) is 40.4 Å². The van der Waals surface area contributed by atoms with E-state index >= 15 is 0 Å². The summed E-state index contributed by atoms with van der Waals surface area (Å²) in [7, 11) is 5.05. The largest absolute Gasteiger partial charge is 0.480 e. The number of hydrogen-bond acceptors (Lipinski definition) is 19. The van der Waals surface area contributed by atoms with Gasteiger partial charge in [0.1, 0.15) is 47.5 Å². The second kappa shape index (κ2) is 39.2. The van der Waals surface area contributed by atoms with Gasteiger partial charge in [-0.3, -0.25) is 14.4 Å². The molecule has 0 unspecified atom stereocenters. The fourth-order valence-electron chi connectivity index (χ4n) is 17.3. The molecule has 6 fully saturated rings. The molecule has 8 heterocycles. The normalized spacial score (nSPS) is 19.5. The minimum Gasteiger partial charge on any atom is -0.480 e. The van der Waals surface area contributed by atoms with Crippen molar-refractivity contribution in [2.75, 3.05) is 54.6 Å². The molecule has 31 heteroatoms. The first-order chi connectivity index (χ1) is 60.6. The molecule has 2 saturated carbocycles. The fraction of sp³-hybridized carbons (Fsp3) is 0.432. The van der Waals surface area contributed by atoms with Crippen molar-refractivity contribution in [3.8, 4) is 79.4 Å². The minimum absolute atomic E-state index is 0.0253. The maximum absolute atomic E-state index is 13.9. The third kappa shape index (κ3) is 20.3. The van der Waals surface area contributed by atoms with Gasteiger partial charge in [-0.1, -0.05) is 159 Å². The Balaban J connectivity index is 0.000000190. The highest BCUT2D eigenvalue weighted by Gasteiger charge is 2.57. The van der Waals surface area contributed by atoms with Gasteiger partial charge in [0, 0.05) is 37.3 Å². The molecule has 0 radical (unpaired) electrons. The topological polar surface area (TPSA) is 426 Å². The summed E-state index contributed by atoms with van der Waals surface area (Å²) in [5.74, 6) is 0.737. The van der Waals surface area contributed by atoms with E-state index in [1.54, 1.807) is 24.9 Å². The lowest BCUT2D eigenvalue weighted by Gasteiger charge is -2.30. The highest BCUT2D eigenvalue weighted by Crippen LogP contribution is 2.60. The molecule has 0 bridgehead atoms. The predicted octanol–water partition coefficient (Wildman–Crippen LogP) is 15.6. The number of imidazole rings is 4. The number of hydrogen-bond donors (Lipinski definition) is 10. The van der Waals surface area contributed by atoms with Gasteiger partial charge in [-0.05, 0) is 166 Å². The molecular weight excluding hydrogens is 1600 g/mol. The molecule has 10 aromatic rings. The lowest BCUT2D eigenvalue weighted by atomic mass is 9.98. The number of nitrogens with zero attached hydrogens (tertiary/aromatic N) is 9. The molecule has 4 aliphatic heterocycles. The molecule has 7 amide bonds. The lowest BCUT2D eigenvalue weighted by Crippen LogP contribution is -2.51. The quantitative estimate of drug-likeness (QED) is 0.0282. The maximum atomic E-state index is 13.9. The van der Waals surface area contributed by atoms with Crippen LogP contribution in [0.1, 0.15) is 168 Å². The van der Waals surface area contributed by atoms with Gasteiger partial charge in [0.2, 0.25) is 17.7 Å². The van der Waals surface area contributed by atoms with Crippen molar-refractivity contribution in [1.29, 1.82) is 10.5 Å². The molecule has 31 nitrogen and oxygen atoms in total. The summed E-state index contributed by atoms with van der Waals surface area (Å²) in [5, 5.41) is 45.7. The number of aromatic nitrogens is 8. The third-order valence-corrected chi connectivity index (χ3v) is 25.0. The smallest absolute Gasteiger partial charge is 0.407 e. The highest BCUT2D eigenvalue weighted by atomic mass is 16.6. The van der Waals surface area contributed by atoms with Crippen LogP contribution < -0.4 is 26.6 Å². The standard InChI is InChI=1S/C46H51N9O6.C40H42N8O3.C7H13NO4.C2H6/c1-6-34(52-44(58)60-4)42(56)54-24-27(21-47)17-37(54)40-48-23-36(51-40)33-14-13-31-18-30(11-12-32(31)19-33)28-7-9-29(10-8-28)35-22-49-41(50-35)38-20-46(15-16-46)25-55(38)43(57)39(26(2)3)53-45(59)61-5;1-23(2)35(47-39(50)51-3)38(49)48-22-40(12-13-40)17-34(48)37-44-20-32(46-37)26-6-4-25(5-7-26)27-8-9-29-16-30(11-10-28(29)15-27)33-21-43-36(45-33)31-14-24(18-41)19-42-31;1-4(2)5(6(9)10)8-7(11)12-3;1-2/h7-14,18-19,22-23,26-27,34,37-39H,6,15-17,20,24-25H2,1-5H3,(H,48,51)(H,49,50)(H,52,58)(H,53,59);4-11,15-16,20-21,23-24,31,34-35,42H,12-14,17,19,22H2,1-3H3,(H,43,45)(H,44,46)(H,47,50);4-5H,1-3H3,(H,8,11)(H,9,10);1-2H3/t27-,34+,37+,38+,39+;24-,31+,34+,35+;5-;/m110./s1. The van der Waals surface area contributed by atoms with E-state index in [4.69, 9.17) is 29.3 Å². The summed E-state index contributed by atoms with van der Waals surface area (Å²) in [6, 6.07) is 43.2. The first-order valence-corrected chi connectivity index (χ1v) is 43.2. The van der Waals surface area contributed by atoms with Gasteiger partial charge in [0.05, 0.1) is 124 Å². The number of aliphatic carboxylic acids is 1. The van der Waals surface area contributed by atoms with Crippen LogP contribution in [0.25, 0.3) is 88.8 Å². The average Bonchev–Trinajstić information content (AvgIpc) is 1.58. The Kier molecular flexibility index (Phi) is 28.1. The summed E-state index contributed by atoms with van der Waals surface area (Å²) in [5.41, 5.74) is 12.2. The van der Waals surface area contributed by atoms with Crippen LogP contribution in [0.4, 0.5) is 19.2 Å². The number of carbonyl (C=O) groups is 8. The average molecular weight is 1710 g/mol. The van der Waals surface area contributed by atoms with E-state index in [2.05, 4.69) is 189 Å². The van der Waals surface area contributed by atoms with E-state index in [1.165, 1.54) is 28.4 Å². The Hall–Kier alpha value is -13.4. The first kappa shape index (κ1) is 90.3. The molecule has 126 heavy (non-hydrogen) atoms. The number of aromatic amines is 4. The molecule has 660 valence electrons. The summed E-state index contributed by atoms with van der Waals surface area (Å²) in [6.07, 6.45) is 12.3. The number of methoxy groups -OCH3 is 4. The number of fused-ring (bicyclic) bond motifs is 2. The predicted molar refractivity (Wildman–Crippen MR) is 474 cm³/mol. The Morgan fingerprint density at radius 2 is 0.786 bits per heavy atom. The number of carboxylic acids is 1. The summed E-state index contributed by atoms with van der Waals surface area (Å²) in [6.45, 7) is 19.2. The van der Waals surface area contributed by atoms with Gasteiger partial charge in [-0.2, -0.15) is 10.5 Å². The van der Waals surface area contributed by atoms with Crippen molar-refractivity contribution in [1.82, 2.24) is 81.2 Å². The summed E-state index contributed by atoms with van der Waals surface area (Å²) >= 11 is 0. The Labute approximate surface area is 732 Å². The SMILES string of the molecule is CC.CC[C@H](NC(=O)OC)C(=O)N1C[C@@H](C#N)C[C@H]1c1ncc(-c2ccc3cc(-c4ccc(-c5cnc([C@@H]6CC7(CC7)CN6C(=O)[C@@H](NC(=O)OC)C(C)C)[nH]5)cc4)ccc3c2)[nH]1.COC(=O)N[C@H](C(=O)N1CC2(CC2)C[C@H]1c1ncc(-c2ccc(-c3ccc4cc(-c5cnc([C@@H]6C[C@H](C#N)CN6)[nH]5)ccc4c3)cc2)[nH]1)C(C)C.COC(=O)N[C@H](C(=O)O)C(C)C.